The highest BCUT2D eigenvalue weighted by atomic mass is 19.1. The number of halogens is 1. The first kappa shape index (κ1) is 22.1. The molecular weight excluding hydrogens is 433 g/mol. The molecule has 1 fully saturated rings. The summed E-state index contributed by atoms with van der Waals surface area (Å²) < 4.78 is 15.8. The van der Waals surface area contributed by atoms with Crippen LogP contribution in [0.15, 0.2) is 53.6 Å². The van der Waals surface area contributed by atoms with E-state index in [4.69, 9.17) is 0 Å². The maximum atomic E-state index is 14.3. The Morgan fingerprint density at radius 2 is 1.94 bits per heavy atom. The maximum Gasteiger partial charge on any atom is 0.272 e. The van der Waals surface area contributed by atoms with Crippen LogP contribution < -0.4 is 21.1 Å². The van der Waals surface area contributed by atoms with Crippen molar-refractivity contribution in [2.45, 2.75) is 38.4 Å². The van der Waals surface area contributed by atoms with Crippen molar-refractivity contribution >= 4 is 17.3 Å². The number of aromatic nitrogens is 2. The zero-order valence-corrected chi connectivity index (χ0v) is 19.3. The molecule has 3 heterocycles. The van der Waals surface area contributed by atoms with Crippen LogP contribution in [-0.4, -0.2) is 28.7 Å². The maximum absolute atomic E-state index is 14.3. The van der Waals surface area contributed by atoms with Crippen LogP contribution in [0.25, 0.3) is 11.1 Å². The Bertz CT molecular complexity index is 1300. The summed E-state index contributed by atoms with van der Waals surface area (Å²) in [6.45, 7) is 0.142. The van der Waals surface area contributed by atoms with Crippen LogP contribution in [0.2, 0.25) is 0 Å². The molecule has 0 spiro atoms. The van der Waals surface area contributed by atoms with E-state index in [1.807, 2.05) is 13.1 Å². The van der Waals surface area contributed by atoms with E-state index in [-0.39, 0.29) is 24.2 Å². The third-order valence-corrected chi connectivity index (χ3v) is 6.91. The number of carbonyl (C=O) groups is 1. The highest BCUT2D eigenvalue weighted by Crippen LogP contribution is 2.41. The lowest BCUT2D eigenvalue weighted by Crippen LogP contribution is -2.39. The Balaban J connectivity index is 1.34. The number of nitrogens with one attached hydrogen (secondary N) is 2. The second-order valence-corrected chi connectivity index (χ2v) is 9.20. The fourth-order valence-corrected chi connectivity index (χ4v) is 5.11. The third-order valence-electron chi connectivity index (χ3n) is 6.91. The molecule has 1 aliphatic carbocycles. The molecule has 1 saturated carbocycles. The van der Waals surface area contributed by atoms with E-state index >= 15 is 0 Å². The van der Waals surface area contributed by atoms with E-state index in [1.165, 1.54) is 48.4 Å². The van der Waals surface area contributed by atoms with Gasteiger partial charge in [-0.05, 0) is 65.8 Å². The van der Waals surface area contributed by atoms with E-state index in [9.17, 15) is 14.0 Å². The van der Waals surface area contributed by atoms with E-state index in [1.54, 1.807) is 31.6 Å². The number of amides is 1. The summed E-state index contributed by atoms with van der Waals surface area (Å²) in [6, 6.07) is 9.69. The van der Waals surface area contributed by atoms with Gasteiger partial charge in [0.2, 0.25) is 0 Å². The average molecular weight is 462 g/mol. The number of hydrogen-bond donors (Lipinski definition) is 2. The monoisotopic (exact) mass is 461 g/mol. The minimum absolute atomic E-state index is 0.142. The van der Waals surface area contributed by atoms with E-state index in [0.717, 1.165) is 11.4 Å². The van der Waals surface area contributed by atoms with Crippen LogP contribution >= 0.6 is 0 Å². The van der Waals surface area contributed by atoms with Gasteiger partial charge in [0.15, 0.2) is 5.69 Å². The smallest absolute Gasteiger partial charge is 0.272 e. The highest BCUT2D eigenvalue weighted by Gasteiger charge is 2.36. The zero-order chi connectivity index (χ0) is 23.8. The first-order chi connectivity index (χ1) is 16.4. The van der Waals surface area contributed by atoms with Crippen molar-refractivity contribution in [3.05, 3.63) is 76.2 Å². The molecule has 1 atom stereocenters. The minimum atomic E-state index is -0.426. The topological polar surface area (TPSA) is 79.3 Å². The SMILES string of the molecule is CN1c2c(ccnc2C(=O)NCc2cc(F)cc(-c3ccn(C)c(=O)c3)c2)NC1C1CCCC1. The van der Waals surface area contributed by atoms with Gasteiger partial charge >= 0.3 is 0 Å². The van der Waals surface area contributed by atoms with Gasteiger partial charge in [-0.25, -0.2) is 9.37 Å². The van der Waals surface area contributed by atoms with Crippen LogP contribution in [-0.2, 0) is 13.6 Å². The van der Waals surface area contributed by atoms with Crippen molar-refractivity contribution in [3.8, 4) is 11.1 Å². The molecule has 176 valence electrons. The lowest BCUT2D eigenvalue weighted by atomic mass is 10.0. The van der Waals surface area contributed by atoms with Crippen LogP contribution in [0, 0.1) is 11.7 Å². The molecule has 34 heavy (non-hydrogen) atoms. The standard InChI is InChI=1S/C26H28FN5O2/c1-31-10-8-18(14-22(31)33)19-11-16(12-20(27)13-19)15-29-26(34)23-24-21(7-9-28-23)30-25(32(24)2)17-5-3-4-6-17/h7-14,17,25,30H,3-6,15H2,1-2H3,(H,29,34). The van der Waals surface area contributed by atoms with Crippen molar-refractivity contribution in [1.82, 2.24) is 14.9 Å². The van der Waals surface area contributed by atoms with Gasteiger partial charge in [-0.15, -0.1) is 0 Å². The number of anilines is 2. The molecule has 1 aliphatic heterocycles. The number of pyridine rings is 2. The van der Waals surface area contributed by atoms with Crippen LogP contribution in [0.4, 0.5) is 15.8 Å². The number of nitrogens with zero attached hydrogens (tertiary/aromatic N) is 3. The number of hydrogen-bond acceptors (Lipinski definition) is 5. The molecule has 5 rings (SSSR count). The van der Waals surface area contributed by atoms with Gasteiger partial charge in [0.05, 0.1) is 11.4 Å². The molecule has 0 bridgehead atoms. The molecule has 0 saturated heterocycles. The Hall–Kier alpha value is -3.68. The molecule has 3 aromatic rings. The Morgan fingerprint density at radius 1 is 1.15 bits per heavy atom. The summed E-state index contributed by atoms with van der Waals surface area (Å²) in [4.78, 5) is 31.6. The van der Waals surface area contributed by atoms with Gasteiger partial charge in [-0.3, -0.25) is 9.59 Å². The van der Waals surface area contributed by atoms with Crippen LogP contribution in [0.3, 0.4) is 0 Å². The molecular formula is C26H28FN5O2. The van der Waals surface area contributed by atoms with Gasteiger partial charge in [0, 0.05) is 39.1 Å². The van der Waals surface area contributed by atoms with Crippen molar-refractivity contribution in [2.75, 3.05) is 17.3 Å². The summed E-state index contributed by atoms with van der Waals surface area (Å²) in [5.41, 5.74) is 3.72. The lowest BCUT2D eigenvalue weighted by Gasteiger charge is -2.28. The molecule has 1 unspecified atom stereocenters. The van der Waals surface area contributed by atoms with Crippen molar-refractivity contribution in [3.63, 3.8) is 0 Å². The van der Waals surface area contributed by atoms with Crippen LogP contribution in [0.1, 0.15) is 41.7 Å². The summed E-state index contributed by atoms with van der Waals surface area (Å²) in [6.07, 6.45) is 8.30. The summed E-state index contributed by atoms with van der Waals surface area (Å²) in [7, 11) is 3.67. The van der Waals surface area contributed by atoms with Crippen molar-refractivity contribution in [1.29, 1.82) is 0 Å². The van der Waals surface area contributed by atoms with Gasteiger partial charge in [-0.1, -0.05) is 12.8 Å². The highest BCUT2D eigenvalue weighted by molar-refractivity contribution is 6.01. The van der Waals surface area contributed by atoms with E-state index in [0.29, 0.717) is 28.3 Å². The van der Waals surface area contributed by atoms with Crippen LogP contribution in [0.5, 0.6) is 0 Å². The second-order valence-electron chi connectivity index (χ2n) is 9.20. The fourth-order valence-electron chi connectivity index (χ4n) is 5.11. The third kappa shape index (κ3) is 4.16. The van der Waals surface area contributed by atoms with E-state index < -0.39 is 5.82 Å². The Kier molecular flexibility index (Phi) is 5.81. The predicted molar refractivity (Wildman–Crippen MR) is 130 cm³/mol. The molecule has 8 heteroatoms. The number of fused-ring (bicyclic) bond motifs is 1. The molecule has 2 aliphatic rings. The number of benzene rings is 1. The number of aryl methyl sites for hydroxylation is 1. The first-order valence-electron chi connectivity index (χ1n) is 11.6. The molecule has 0 radical (unpaired) electrons. The van der Waals surface area contributed by atoms with Gasteiger partial charge in [0.1, 0.15) is 12.0 Å². The fraction of sp³-hybridized carbons (Fsp3) is 0.346. The van der Waals surface area contributed by atoms with Crippen molar-refractivity contribution in [2.24, 2.45) is 13.0 Å². The molecule has 1 aromatic carbocycles. The van der Waals surface area contributed by atoms with E-state index in [2.05, 4.69) is 20.5 Å². The zero-order valence-electron chi connectivity index (χ0n) is 19.3. The van der Waals surface area contributed by atoms with Gasteiger partial charge in [-0.2, -0.15) is 0 Å². The number of carbonyl (C=O) groups excluding carboxylic acids is 1. The Morgan fingerprint density at radius 3 is 2.71 bits per heavy atom. The number of rotatable bonds is 5. The lowest BCUT2D eigenvalue weighted by molar-refractivity contribution is 0.0946. The summed E-state index contributed by atoms with van der Waals surface area (Å²) in [5.74, 6) is -0.185. The average Bonchev–Trinajstić information content (AvgIpc) is 3.47. The first-order valence-corrected chi connectivity index (χ1v) is 11.6. The summed E-state index contributed by atoms with van der Waals surface area (Å²) >= 11 is 0. The Labute approximate surface area is 197 Å². The minimum Gasteiger partial charge on any atom is -0.363 e. The molecule has 1 amide bonds. The molecule has 2 N–H and O–H groups in total. The summed E-state index contributed by atoms with van der Waals surface area (Å²) in [5, 5.41) is 6.45. The largest absolute Gasteiger partial charge is 0.363 e. The molecule has 7 nitrogen and oxygen atoms in total. The molecule has 2 aromatic heterocycles. The van der Waals surface area contributed by atoms with Gasteiger partial charge < -0.3 is 20.1 Å². The second kappa shape index (κ2) is 8.93. The van der Waals surface area contributed by atoms with Crippen molar-refractivity contribution < 1.29 is 9.18 Å². The normalized spacial score (nSPS) is 17.5. The predicted octanol–water partition coefficient (Wildman–Crippen LogP) is 3.89. The quantitative estimate of drug-likeness (QED) is 0.603. The van der Waals surface area contributed by atoms with Gasteiger partial charge in [0.25, 0.3) is 11.5 Å².